The Kier molecular flexibility index (Phi) is 2.93. The largest absolute Gasteiger partial charge is 0.494 e. The lowest BCUT2D eigenvalue weighted by atomic mass is 9.99. The fourth-order valence-corrected chi connectivity index (χ4v) is 1.89. The highest BCUT2D eigenvalue weighted by Gasteiger charge is 2.22. The molecule has 1 N–H and O–H groups in total. The first-order chi connectivity index (χ1) is 7.93. The second-order valence-electron chi connectivity index (χ2n) is 4.29. The minimum atomic E-state index is -1.05. The van der Waals surface area contributed by atoms with E-state index >= 15 is 0 Å². The van der Waals surface area contributed by atoms with Gasteiger partial charge in [-0.15, -0.1) is 0 Å². The van der Waals surface area contributed by atoms with Crippen LogP contribution in [0.1, 0.15) is 19.5 Å². The van der Waals surface area contributed by atoms with Crippen LogP contribution >= 0.6 is 11.6 Å². The molecule has 0 aliphatic carbocycles. The summed E-state index contributed by atoms with van der Waals surface area (Å²) >= 11 is 5.87. The van der Waals surface area contributed by atoms with Gasteiger partial charge in [-0.2, -0.15) is 0 Å². The van der Waals surface area contributed by atoms with Gasteiger partial charge in [0.2, 0.25) is 0 Å². The molecule has 0 unspecified atom stereocenters. The normalized spacial score (nSPS) is 11.8. The molecular weight excluding hydrogens is 240 g/mol. The zero-order chi connectivity index (χ0) is 12.6. The molecule has 90 valence electrons. The van der Waals surface area contributed by atoms with Gasteiger partial charge in [-0.1, -0.05) is 11.6 Å². The molecule has 0 saturated heterocycles. The summed E-state index contributed by atoms with van der Waals surface area (Å²) in [6.07, 6.45) is 3.19. The quantitative estimate of drug-likeness (QED) is 0.835. The Labute approximate surface area is 104 Å². The van der Waals surface area contributed by atoms with E-state index in [9.17, 15) is 5.11 Å². The predicted molar refractivity (Wildman–Crippen MR) is 66.3 cm³/mol. The van der Waals surface area contributed by atoms with Crippen LogP contribution in [0.2, 0.25) is 5.15 Å². The second kappa shape index (κ2) is 4.13. The number of hydrogen-bond donors (Lipinski definition) is 1. The van der Waals surface area contributed by atoms with Crippen LogP contribution in [0.5, 0.6) is 5.75 Å². The smallest absolute Gasteiger partial charge is 0.146 e. The van der Waals surface area contributed by atoms with Gasteiger partial charge in [-0.05, 0) is 19.9 Å². The number of pyridine rings is 2. The molecule has 0 bridgehead atoms. The summed E-state index contributed by atoms with van der Waals surface area (Å²) in [5.41, 5.74) is -0.493. The standard InChI is InChI=1S/C12H13ClN2O2/c1-12(2,16)11-7-4-10(13)14-5-8(7)9(17-3)6-15-11/h4-6,16H,1-3H3. The van der Waals surface area contributed by atoms with Crippen LogP contribution in [0, 0.1) is 0 Å². The number of ether oxygens (including phenoxy) is 1. The minimum Gasteiger partial charge on any atom is -0.494 e. The first kappa shape index (κ1) is 12.1. The number of fused-ring (bicyclic) bond motifs is 1. The fraction of sp³-hybridized carbons (Fsp3) is 0.333. The number of aliphatic hydroxyl groups is 1. The van der Waals surface area contributed by atoms with E-state index in [1.54, 1.807) is 39.4 Å². The Balaban J connectivity index is 2.84. The van der Waals surface area contributed by atoms with Crippen molar-refractivity contribution >= 4 is 22.4 Å². The highest BCUT2D eigenvalue weighted by Crippen LogP contribution is 2.32. The summed E-state index contributed by atoms with van der Waals surface area (Å²) in [5.74, 6) is 0.608. The van der Waals surface area contributed by atoms with E-state index in [-0.39, 0.29) is 0 Å². The minimum absolute atomic E-state index is 0.359. The number of hydrogen-bond acceptors (Lipinski definition) is 4. The number of halogens is 1. The van der Waals surface area contributed by atoms with Gasteiger partial charge < -0.3 is 9.84 Å². The van der Waals surface area contributed by atoms with Gasteiger partial charge in [0, 0.05) is 17.0 Å². The van der Waals surface area contributed by atoms with Crippen molar-refractivity contribution in [3.05, 3.63) is 29.3 Å². The summed E-state index contributed by atoms with van der Waals surface area (Å²) in [6, 6.07) is 1.68. The molecule has 2 aromatic heterocycles. The van der Waals surface area contributed by atoms with Gasteiger partial charge in [0.1, 0.15) is 16.5 Å². The molecule has 0 atom stereocenters. The van der Waals surface area contributed by atoms with E-state index in [0.717, 1.165) is 10.8 Å². The molecule has 2 heterocycles. The number of methoxy groups -OCH3 is 1. The zero-order valence-corrected chi connectivity index (χ0v) is 10.6. The maximum Gasteiger partial charge on any atom is 0.146 e. The average molecular weight is 253 g/mol. The third kappa shape index (κ3) is 2.18. The van der Waals surface area contributed by atoms with E-state index in [0.29, 0.717) is 16.6 Å². The van der Waals surface area contributed by atoms with Crippen molar-refractivity contribution in [2.24, 2.45) is 0 Å². The van der Waals surface area contributed by atoms with Crippen molar-refractivity contribution < 1.29 is 9.84 Å². The molecular formula is C12H13ClN2O2. The van der Waals surface area contributed by atoms with E-state index < -0.39 is 5.60 Å². The maximum absolute atomic E-state index is 10.1. The molecule has 0 aliphatic heterocycles. The second-order valence-corrected chi connectivity index (χ2v) is 4.67. The lowest BCUT2D eigenvalue weighted by Gasteiger charge is -2.19. The van der Waals surface area contributed by atoms with Gasteiger partial charge in [0.25, 0.3) is 0 Å². The molecule has 17 heavy (non-hydrogen) atoms. The molecule has 2 aromatic rings. The monoisotopic (exact) mass is 252 g/mol. The molecule has 4 nitrogen and oxygen atoms in total. The van der Waals surface area contributed by atoms with Crippen molar-refractivity contribution in [2.45, 2.75) is 19.4 Å². The topological polar surface area (TPSA) is 55.2 Å². The van der Waals surface area contributed by atoms with Gasteiger partial charge in [0.15, 0.2) is 0 Å². The number of nitrogens with zero attached hydrogens (tertiary/aromatic N) is 2. The summed E-state index contributed by atoms with van der Waals surface area (Å²) in [6.45, 7) is 3.35. The van der Waals surface area contributed by atoms with E-state index in [1.165, 1.54) is 0 Å². The van der Waals surface area contributed by atoms with Crippen molar-refractivity contribution in [1.82, 2.24) is 9.97 Å². The van der Waals surface area contributed by atoms with Crippen LogP contribution in [-0.4, -0.2) is 22.2 Å². The molecule has 2 rings (SSSR count). The molecule has 0 aromatic carbocycles. The van der Waals surface area contributed by atoms with E-state index in [4.69, 9.17) is 16.3 Å². The summed E-state index contributed by atoms with van der Waals surface area (Å²) in [4.78, 5) is 8.24. The summed E-state index contributed by atoms with van der Waals surface area (Å²) in [5, 5.41) is 12.0. The third-order valence-electron chi connectivity index (χ3n) is 2.50. The first-order valence-electron chi connectivity index (χ1n) is 5.14. The lowest BCUT2D eigenvalue weighted by Crippen LogP contribution is -2.18. The first-order valence-corrected chi connectivity index (χ1v) is 5.52. The maximum atomic E-state index is 10.1. The van der Waals surface area contributed by atoms with Crippen molar-refractivity contribution in [2.75, 3.05) is 7.11 Å². The van der Waals surface area contributed by atoms with Gasteiger partial charge >= 0.3 is 0 Å². The molecule has 0 saturated carbocycles. The fourth-order valence-electron chi connectivity index (χ4n) is 1.73. The highest BCUT2D eigenvalue weighted by atomic mass is 35.5. The Morgan fingerprint density at radius 1 is 1.24 bits per heavy atom. The van der Waals surface area contributed by atoms with Crippen LogP contribution in [0.15, 0.2) is 18.5 Å². The van der Waals surface area contributed by atoms with Gasteiger partial charge in [0.05, 0.1) is 19.0 Å². The highest BCUT2D eigenvalue weighted by molar-refractivity contribution is 6.30. The van der Waals surface area contributed by atoms with Gasteiger partial charge in [-0.3, -0.25) is 4.98 Å². The van der Waals surface area contributed by atoms with E-state index in [2.05, 4.69) is 9.97 Å². The Bertz CT molecular complexity index is 564. The Hall–Kier alpha value is -1.39. The zero-order valence-electron chi connectivity index (χ0n) is 9.86. The SMILES string of the molecule is COc1cnc(C(C)(C)O)c2cc(Cl)ncc12. The van der Waals surface area contributed by atoms with E-state index in [1.807, 2.05) is 0 Å². The Morgan fingerprint density at radius 2 is 1.94 bits per heavy atom. The van der Waals surface area contributed by atoms with Crippen LogP contribution < -0.4 is 4.74 Å². The van der Waals surface area contributed by atoms with Crippen molar-refractivity contribution in [3.63, 3.8) is 0 Å². The average Bonchev–Trinajstić information content (AvgIpc) is 2.25. The van der Waals surface area contributed by atoms with Crippen LogP contribution in [0.4, 0.5) is 0 Å². The summed E-state index contributed by atoms with van der Waals surface area (Å²) in [7, 11) is 1.56. The molecule has 0 fully saturated rings. The van der Waals surface area contributed by atoms with Crippen LogP contribution in [0.25, 0.3) is 10.8 Å². The molecule has 0 amide bonds. The van der Waals surface area contributed by atoms with Crippen molar-refractivity contribution in [3.8, 4) is 5.75 Å². The molecule has 0 radical (unpaired) electrons. The van der Waals surface area contributed by atoms with Crippen LogP contribution in [-0.2, 0) is 5.60 Å². The molecule has 0 aliphatic rings. The molecule has 0 spiro atoms. The van der Waals surface area contributed by atoms with Crippen molar-refractivity contribution in [1.29, 1.82) is 0 Å². The third-order valence-corrected chi connectivity index (χ3v) is 2.71. The number of aromatic nitrogens is 2. The number of rotatable bonds is 2. The summed E-state index contributed by atoms with van der Waals surface area (Å²) < 4.78 is 5.21. The predicted octanol–water partition coefficient (Wildman–Crippen LogP) is 2.52. The lowest BCUT2D eigenvalue weighted by molar-refractivity contribution is 0.0755. The van der Waals surface area contributed by atoms with Crippen LogP contribution in [0.3, 0.4) is 0 Å². The molecule has 5 heteroatoms. The Morgan fingerprint density at radius 3 is 2.53 bits per heavy atom. The van der Waals surface area contributed by atoms with Gasteiger partial charge in [-0.25, -0.2) is 4.98 Å².